The van der Waals surface area contributed by atoms with Gasteiger partial charge in [0.15, 0.2) is 0 Å². The Morgan fingerprint density at radius 1 is 1.06 bits per heavy atom. The summed E-state index contributed by atoms with van der Waals surface area (Å²) >= 11 is 0. The van der Waals surface area contributed by atoms with E-state index in [-0.39, 0.29) is 17.7 Å². The van der Waals surface area contributed by atoms with Gasteiger partial charge in [0, 0.05) is 76.5 Å². The third kappa shape index (κ3) is 7.03. The quantitative estimate of drug-likeness (QED) is 0.640. The molecule has 2 N–H and O–H groups in total. The zero-order valence-corrected chi connectivity index (χ0v) is 19.4. The Balaban J connectivity index is 1.64. The van der Waals surface area contributed by atoms with Gasteiger partial charge in [0.1, 0.15) is 0 Å². The molecule has 176 valence electrons. The number of nitrogens with zero attached hydrogens (tertiary/aromatic N) is 3. The van der Waals surface area contributed by atoms with Gasteiger partial charge in [-0.05, 0) is 50.6 Å². The third-order valence-corrected chi connectivity index (χ3v) is 6.40. The van der Waals surface area contributed by atoms with Gasteiger partial charge in [0.2, 0.25) is 11.8 Å². The number of anilines is 1. The van der Waals surface area contributed by atoms with Crippen LogP contribution in [0.25, 0.3) is 0 Å². The van der Waals surface area contributed by atoms with Gasteiger partial charge in [0.05, 0.1) is 0 Å². The molecule has 0 spiro atoms. The summed E-state index contributed by atoms with van der Waals surface area (Å²) in [6.07, 6.45) is 4.00. The molecule has 2 heterocycles. The molecule has 0 bridgehead atoms. The maximum Gasteiger partial charge on any atom is 0.253 e. The lowest BCUT2D eigenvalue weighted by Gasteiger charge is -2.35. The van der Waals surface area contributed by atoms with Gasteiger partial charge in [-0.25, -0.2) is 0 Å². The number of piperazine rings is 1. The Morgan fingerprint density at radius 3 is 2.44 bits per heavy atom. The van der Waals surface area contributed by atoms with Crippen LogP contribution in [0.15, 0.2) is 24.3 Å². The van der Waals surface area contributed by atoms with Crippen LogP contribution in [0.3, 0.4) is 0 Å². The van der Waals surface area contributed by atoms with Crippen LogP contribution in [-0.4, -0.2) is 90.8 Å². The highest BCUT2D eigenvalue weighted by molar-refractivity contribution is 5.95. The molecule has 0 aromatic heterocycles. The van der Waals surface area contributed by atoms with E-state index < -0.39 is 0 Å². The highest BCUT2D eigenvalue weighted by Gasteiger charge is 2.23. The smallest absolute Gasteiger partial charge is 0.253 e. The van der Waals surface area contributed by atoms with E-state index in [4.69, 9.17) is 0 Å². The van der Waals surface area contributed by atoms with Crippen molar-refractivity contribution in [2.75, 3.05) is 57.7 Å². The van der Waals surface area contributed by atoms with Gasteiger partial charge in [-0.2, -0.15) is 0 Å². The van der Waals surface area contributed by atoms with Gasteiger partial charge >= 0.3 is 0 Å². The Hall–Kier alpha value is -2.45. The van der Waals surface area contributed by atoms with Gasteiger partial charge in [-0.15, -0.1) is 0 Å². The fourth-order valence-electron chi connectivity index (χ4n) is 4.44. The van der Waals surface area contributed by atoms with Crippen LogP contribution in [0.2, 0.25) is 0 Å². The van der Waals surface area contributed by atoms with E-state index in [0.29, 0.717) is 36.8 Å². The minimum Gasteiger partial charge on any atom is -0.340 e. The maximum atomic E-state index is 13.3. The van der Waals surface area contributed by atoms with E-state index in [2.05, 4.69) is 22.5 Å². The zero-order chi connectivity index (χ0) is 22.9. The molecule has 0 saturated carbocycles. The molecule has 1 aromatic carbocycles. The van der Waals surface area contributed by atoms with Crippen molar-refractivity contribution in [2.45, 2.75) is 45.6 Å². The van der Waals surface area contributed by atoms with Crippen molar-refractivity contribution in [1.29, 1.82) is 0 Å². The van der Waals surface area contributed by atoms with E-state index >= 15 is 0 Å². The molecule has 3 amide bonds. The largest absolute Gasteiger partial charge is 0.340 e. The first-order valence-corrected chi connectivity index (χ1v) is 11.8. The summed E-state index contributed by atoms with van der Waals surface area (Å²) in [6, 6.07) is 7.49. The normalized spacial score (nSPS) is 19.4. The number of piperidine rings is 1. The van der Waals surface area contributed by atoms with E-state index in [0.717, 1.165) is 39.3 Å². The molecule has 2 aliphatic rings. The molecule has 1 aromatic rings. The second-order valence-corrected chi connectivity index (χ2v) is 8.81. The Labute approximate surface area is 191 Å². The predicted molar refractivity (Wildman–Crippen MR) is 126 cm³/mol. The van der Waals surface area contributed by atoms with Crippen LogP contribution >= 0.6 is 0 Å². The molecule has 3 rings (SSSR count). The average molecular weight is 444 g/mol. The lowest BCUT2D eigenvalue weighted by Crippen LogP contribution is -2.48. The van der Waals surface area contributed by atoms with Crippen LogP contribution < -0.4 is 10.6 Å². The van der Waals surface area contributed by atoms with Crippen LogP contribution in [0.4, 0.5) is 5.69 Å². The standard InChI is InChI=1S/C24H37N5O3/c1-19-5-3-4-13-27(19)17-18-29(14-10-23(31)28-15-11-25-12-16-28)24(32)21-6-8-22(9-7-21)26-20(2)30/h6-9,19,25H,3-5,10-18H2,1-2H3,(H,26,30)/t19-/m0/s1. The topological polar surface area (TPSA) is 85.0 Å². The Bertz CT molecular complexity index is 776. The highest BCUT2D eigenvalue weighted by Crippen LogP contribution is 2.17. The molecule has 2 saturated heterocycles. The molecule has 0 radical (unpaired) electrons. The first-order chi connectivity index (χ1) is 15.4. The molecule has 8 heteroatoms. The number of hydrogen-bond donors (Lipinski definition) is 2. The van der Waals surface area contributed by atoms with Crippen LogP contribution in [0, 0.1) is 0 Å². The number of amides is 3. The fourth-order valence-corrected chi connectivity index (χ4v) is 4.44. The van der Waals surface area contributed by atoms with Crippen molar-refractivity contribution < 1.29 is 14.4 Å². The number of likely N-dealkylation sites (tertiary alicyclic amines) is 1. The second kappa shape index (κ2) is 12.0. The summed E-state index contributed by atoms with van der Waals surface area (Å²) < 4.78 is 0. The minimum atomic E-state index is -0.146. The fraction of sp³-hybridized carbons (Fsp3) is 0.625. The summed E-state index contributed by atoms with van der Waals surface area (Å²) in [6.45, 7) is 9.70. The molecule has 2 aliphatic heterocycles. The van der Waals surface area contributed by atoms with Crippen molar-refractivity contribution in [2.24, 2.45) is 0 Å². The zero-order valence-electron chi connectivity index (χ0n) is 19.4. The van der Waals surface area contributed by atoms with Crippen molar-refractivity contribution in [1.82, 2.24) is 20.0 Å². The van der Waals surface area contributed by atoms with E-state index in [9.17, 15) is 14.4 Å². The number of carbonyl (C=O) groups excluding carboxylic acids is 3. The predicted octanol–water partition coefficient (Wildman–Crippen LogP) is 1.78. The molecular formula is C24H37N5O3. The maximum absolute atomic E-state index is 13.3. The number of nitrogens with one attached hydrogen (secondary N) is 2. The number of rotatable bonds is 8. The van der Waals surface area contributed by atoms with Gasteiger partial charge in [-0.3, -0.25) is 19.3 Å². The van der Waals surface area contributed by atoms with Crippen molar-refractivity contribution in [3.8, 4) is 0 Å². The van der Waals surface area contributed by atoms with Crippen LogP contribution in [0.1, 0.15) is 49.9 Å². The number of benzene rings is 1. The molecule has 2 fully saturated rings. The van der Waals surface area contributed by atoms with Crippen molar-refractivity contribution >= 4 is 23.4 Å². The minimum absolute atomic E-state index is 0.0721. The van der Waals surface area contributed by atoms with Gasteiger partial charge in [0.25, 0.3) is 5.91 Å². The molecule has 0 unspecified atom stereocenters. The van der Waals surface area contributed by atoms with E-state index in [1.54, 1.807) is 24.3 Å². The summed E-state index contributed by atoms with van der Waals surface area (Å²) in [5.41, 5.74) is 1.23. The molecule has 0 aliphatic carbocycles. The number of hydrogen-bond acceptors (Lipinski definition) is 5. The molecule has 32 heavy (non-hydrogen) atoms. The average Bonchev–Trinajstić information content (AvgIpc) is 2.80. The lowest BCUT2D eigenvalue weighted by molar-refractivity contribution is -0.132. The van der Waals surface area contributed by atoms with Crippen LogP contribution in [0.5, 0.6) is 0 Å². The van der Waals surface area contributed by atoms with E-state index in [1.165, 1.54) is 26.2 Å². The Morgan fingerprint density at radius 2 is 1.78 bits per heavy atom. The SMILES string of the molecule is CC(=O)Nc1ccc(C(=O)N(CCC(=O)N2CCNCC2)CCN2CCCC[C@@H]2C)cc1. The summed E-state index contributed by atoms with van der Waals surface area (Å²) in [7, 11) is 0. The third-order valence-electron chi connectivity index (χ3n) is 6.40. The summed E-state index contributed by atoms with van der Waals surface area (Å²) in [5, 5.41) is 5.98. The van der Waals surface area contributed by atoms with Crippen molar-refractivity contribution in [3.05, 3.63) is 29.8 Å². The highest BCUT2D eigenvalue weighted by atomic mass is 16.2. The number of carbonyl (C=O) groups is 3. The first-order valence-electron chi connectivity index (χ1n) is 11.8. The van der Waals surface area contributed by atoms with Gasteiger partial charge < -0.3 is 20.4 Å². The monoisotopic (exact) mass is 443 g/mol. The molecule has 1 atom stereocenters. The Kier molecular flexibility index (Phi) is 9.05. The molecule has 8 nitrogen and oxygen atoms in total. The van der Waals surface area contributed by atoms with Crippen molar-refractivity contribution in [3.63, 3.8) is 0 Å². The lowest BCUT2D eigenvalue weighted by atomic mass is 10.0. The summed E-state index contributed by atoms with van der Waals surface area (Å²) in [4.78, 5) is 43.4. The summed E-state index contributed by atoms with van der Waals surface area (Å²) in [5.74, 6) is -0.110. The molecular weight excluding hydrogens is 406 g/mol. The van der Waals surface area contributed by atoms with E-state index in [1.807, 2.05) is 9.80 Å². The van der Waals surface area contributed by atoms with Gasteiger partial charge in [-0.1, -0.05) is 6.42 Å². The first kappa shape index (κ1) is 24.2. The second-order valence-electron chi connectivity index (χ2n) is 8.81. The van der Waals surface area contributed by atoms with Crippen LogP contribution in [-0.2, 0) is 9.59 Å².